The molecular weight excluding hydrogens is 354 g/mol. The van der Waals surface area contributed by atoms with E-state index in [2.05, 4.69) is 26.0 Å². The molecular formula is C18H12BrN3O. The van der Waals surface area contributed by atoms with E-state index in [0.717, 1.165) is 21.4 Å². The van der Waals surface area contributed by atoms with Crippen molar-refractivity contribution in [1.29, 1.82) is 0 Å². The van der Waals surface area contributed by atoms with Gasteiger partial charge >= 0.3 is 0 Å². The number of fused-ring (bicyclic) bond motifs is 1. The van der Waals surface area contributed by atoms with Gasteiger partial charge in [-0.05, 0) is 36.4 Å². The SMILES string of the molecule is O=c1c2ccc(-c3cccc(Br)c3)nc2[nH]n1-c1ccccc1. The van der Waals surface area contributed by atoms with Crippen LogP contribution in [0.1, 0.15) is 0 Å². The number of aromatic nitrogens is 3. The van der Waals surface area contributed by atoms with Crippen molar-refractivity contribution >= 4 is 27.0 Å². The summed E-state index contributed by atoms with van der Waals surface area (Å²) in [5.41, 5.74) is 3.09. The molecule has 0 bridgehead atoms. The van der Waals surface area contributed by atoms with Gasteiger partial charge in [-0.3, -0.25) is 9.89 Å². The van der Waals surface area contributed by atoms with Gasteiger partial charge in [-0.1, -0.05) is 46.3 Å². The molecule has 4 aromatic rings. The molecule has 0 fully saturated rings. The Morgan fingerprint density at radius 2 is 1.78 bits per heavy atom. The maximum atomic E-state index is 12.5. The molecule has 2 aromatic carbocycles. The first-order valence-electron chi connectivity index (χ1n) is 7.15. The molecule has 4 rings (SSSR count). The van der Waals surface area contributed by atoms with Crippen molar-refractivity contribution in [3.05, 3.63) is 81.6 Å². The molecule has 0 spiro atoms. The number of nitrogens with one attached hydrogen (secondary N) is 1. The van der Waals surface area contributed by atoms with Gasteiger partial charge < -0.3 is 0 Å². The maximum absolute atomic E-state index is 12.5. The molecule has 4 nitrogen and oxygen atoms in total. The number of benzene rings is 2. The predicted molar refractivity (Wildman–Crippen MR) is 94.8 cm³/mol. The summed E-state index contributed by atoms with van der Waals surface area (Å²) in [7, 11) is 0. The highest BCUT2D eigenvalue weighted by molar-refractivity contribution is 9.10. The summed E-state index contributed by atoms with van der Waals surface area (Å²) in [6.45, 7) is 0. The molecule has 0 atom stereocenters. The van der Waals surface area contributed by atoms with Crippen LogP contribution in [0.15, 0.2) is 76.0 Å². The van der Waals surface area contributed by atoms with Gasteiger partial charge in [0.15, 0.2) is 5.65 Å². The number of H-pyrrole nitrogens is 1. The minimum absolute atomic E-state index is 0.0977. The number of para-hydroxylation sites is 1. The lowest BCUT2D eigenvalue weighted by Gasteiger charge is -2.01. The quantitative estimate of drug-likeness (QED) is 0.580. The van der Waals surface area contributed by atoms with E-state index in [9.17, 15) is 4.79 Å². The van der Waals surface area contributed by atoms with Crippen LogP contribution in [-0.4, -0.2) is 14.8 Å². The summed E-state index contributed by atoms with van der Waals surface area (Å²) in [5, 5.41) is 3.66. The highest BCUT2D eigenvalue weighted by Crippen LogP contribution is 2.22. The lowest BCUT2D eigenvalue weighted by atomic mass is 10.1. The molecule has 2 aromatic heterocycles. The molecule has 0 aliphatic heterocycles. The summed E-state index contributed by atoms with van der Waals surface area (Å²) in [5.74, 6) is 0. The molecule has 5 heteroatoms. The zero-order valence-electron chi connectivity index (χ0n) is 12.0. The maximum Gasteiger partial charge on any atom is 0.280 e. The Kier molecular flexibility index (Phi) is 3.35. The molecule has 0 saturated heterocycles. The van der Waals surface area contributed by atoms with E-state index in [0.29, 0.717) is 11.0 Å². The van der Waals surface area contributed by atoms with Crippen LogP contribution >= 0.6 is 15.9 Å². The van der Waals surface area contributed by atoms with Crippen LogP contribution in [0.2, 0.25) is 0 Å². The third kappa shape index (κ3) is 2.49. The molecule has 112 valence electrons. The van der Waals surface area contributed by atoms with Crippen LogP contribution < -0.4 is 5.56 Å². The van der Waals surface area contributed by atoms with E-state index < -0.39 is 0 Å². The number of nitrogens with zero attached hydrogens (tertiary/aromatic N) is 2. The lowest BCUT2D eigenvalue weighted by molar-refractivity contribution is 0.859. The van der Waals surface area contributed by atoms with Crippen molar-refractivity contribution in [1.82, 2.24) is 14.8 Å². The second-order valence-corrected chi connectivity index (χ2v) is 6.11. The van der Waals surface area contributed by atoms with Gasteiger partial charge in [-0.15, -0.1) is 0 Å². The molecule has 0 aliphatic carbocycles. The zero-order valence-corrected chi connectivity index (χ0v) is 13.6. The highest BCUT2D eigenvalue weighted by Gasteiger charge is 2.10. The topological polar surface area (TPSA) is 50.7 Å². The Morgan fingerprint density at radius 1 is 0.957 bits per heavy atom. The lowest BCUT2D eigenvalue weighted by Crippen LogP contribution is -2.13. The number of rotatable bonds is 2. The smallest absolute Gasteiger partial charge is 0.274 e. The second kappa shape index (κ2) is 5.52. The first kappa shape index (κ1) is 14.0. The molecule has 0 unspecified atom stereocenters. The Balaban J connectivity index is 1.89. The molecule has 0 amide bonds. The molecule has 0 aliphatic rings. The van der Waals surface area contributed by atoms with Crippen LogP contribution in [0.3, 0.4) is 0 Å². The average molecular weight is 366 g/mol. The normalized spacial score (nSPS) is 11.0. The number of hydrogen-bond acceptors (Lipinski definition) is 2. The van der Waals surface area contributed by atoms with Crippen LogP contribution in [0.4, 0.5) is 0 Å². The van der Waals surface area contributed by atoms with Gasteiger partial charge in [0.1, 0.15) is 0 Å². The fraction of sp³-hybridized carbons (Fsp3) is 0. The van der Waals surface area contributed by atoms with E-state index in [1.54, 1.807) is 0 Å². The second-order valence-electron chi connectivity index (χ2n) is 5.19. The minimum Gasteiger partial charge on any atom is -0.274 e. The van der Waals surface area contributed by atoms with Gasteiger partial charge in [0.05, 0.1) is 16.8 Å². The van der Waals surface area contributed by atoms with Crippen molar-refractivity contribution in [2.45, 2.75) is 0 Å². The van der Waals surface area contributed by atoms with Gasteiger partial charge in [0.25, 0.3) is 5.56 Å². The van der Waals surface area contributed by atoms with Crippen molar-refractivity contribution in [3.63, 3.8) is 0 Å². The predicted octanol–water partition coefficient (Wildman–Crippen LogP) is 4.14. The Bertz CT molecular complexity index is 1050. The molecule has 23 heavy (non-hydrogen) atoms. The van der Waals surface area contributed by atoms with Crippen LogP contribution in [0, 0.1) is 0 Å². The summed E-state index contributed by atoms with van der Waals surface area (Å²) >= 11 is 3.47. The zero-order chi connectivity index (χ0) is 15.8. The van der Waals surface area contributed by atoms with Crippen molar-refractivity contribution in [3.8, 4) is 16.9 Å². The first-order chi connectivity index (χ1) is 11.2. The first-order valence-corrected chi connectivity index (χ1v) is 7.95. The Labute approximate surface area is 140 Å². The summed E-state index contributed by atoms with van der Waals surface area (Å²) in [6, 6.07) is 21.1. The largest absolute Gasteiger partial charge is 0.280 e. The van der Waals surface area contributed by atoms with E-state index in [1.165, 1.54) is 4.68 Å². The van der Waals surface area contributed by atoms with E-state index in [-0.39, 0.29) is 5.56 Å². The molecule has 2 heterocycles. The fourth-order valence-corrected chi connectivity index (χ4v) is 2.96. The standard InChI is InChI=1S/C18H12BrN3O/c19-13-6-4-5-12(11-13)16-10-9-15-17(20-16)21-22(18(15)23)14-7-2-1-3-8-14/h1-11H,(H,20,21). The Morgan fingerprint density at radius 3 is 2.57 bits per heavy atom. The van der Waals surface area contributed by atoms with Crippen LogP contribution in [-0.2, 0) is 0 Å². The molecule has 1 N–H and O–H groups in total. The van der Waals surface area contributed by atoms with Crippen molar-refractivity contribution < 1.29 is 0 Å². The van der Waals surface area contributed by atoms with Crippen molar-refractivity contribution in [2.24, 2.45) is 0 Å². The third-order valence-electron chi connectivity index (χ3n) is 3.68. The van der Waals surface area contributed by atoms with Gasteiger partial charge in [0, 0.05) is 10.0 Å². The summed E-state index contributed by atoms with van der Waals surface area (Å²) in [4.78, 5) is 17.1. The van der Waals surface area contributed by atoms with E-state index in [1.807, 2.05) is 66.7 Å². The average Bonchev–Trinajstić information content (AvgIpc) is 2.92. The molecule has 0 saturated carbocycles. The van der Waals surface area contributed by atoms with E-state index in [4.69, 9.17) is 0 Å². The van der Waals surface area contributed by atoms with Gasteiger partial charge in [-0.2, -0.15) is 0 Å². The summed E-state index contributed by atoms with van der Waals surface area (Å²) in [6.07, 6.45) is 0. The molecule has 0 radical (unpaired) electrons. The monoisotopic (exact) mass is 365 g/mol. The van der Waals surface area contributed by atoms with Crippen LogP contribution in [0.25, 0.3) is 28.0 Å². The minimum atomic E-state index is -0.0977. The third-order valence-corrected chi connectivity index (χ3v) is 4.17. The fourth-order valence-electron chi connectivity index (χ4n) is 2.56. The van der Waals surface area contributed by atoms with Crippen LogP contribution in [0.5, 0.6) is 0 Å². The highest BCUT2D eigenvalue weighted by atomic mass is 79.9. The van der Waals surface area contributed by atoms with Crippen molar-refractivity contribution in [2.75, 3.05) is 0 Å². The van der Waals surface area contributed by atoms with E-state index >= 15 is 0 Å². The van der Waals surface area contributed by atoms with Gasteiger partial charge in [-0.25, -0.2) is 9.67 Å². The van der Waals surface area contributed by atoms with Gasteiger partial charge in [0.2, 0.25) is 0 Å². The number of hydrogen-bond donors (Lipinski definition) is 1. The number of pyridine rings is 1. The number of halogens is 1. The Hall–Kier alpha value is -2.66. The number of aromatic amines is 1. The summed E-state index contributed by atoms with van der Waals surface area (Å²) < 4.78 is 2.51.